The highest BCUT2D eigenvalue weighted by molar-refractivity contribution is 5.97. The number of hydrogen-bond acceptors (Lipinski definition) is 6. The number of esters is 1. The number of nitro benzene ring substituents is 1. The van der Waals surface area contributed by atoms with Crippen molar-refractivity contribution in [2.45, 2.75) is 26.0 Å². The van der Waals surface area contributed by atoms with Gasteiger partial charge in [0, 0.05) is 17.2 Å². The zero-order valence-electron chi connectivity index (χ0n) is 11.8. The average molecular weight is 296 g/mol. The van der Waals surface area contributed by atoms with Crippen molar-refractivity contribution in [3.63, 3.8) is 0 Å². The molecule has 1 aromatic rings. The van der Waals surface area contributed by atoms with E-state index >= 15 is 0 Å². The van der Waals surface area contributed by atoms with E-state index in [1.807, 2.05) is 0 Å². The maximum Gasteiger partial charge on any atom is 0.331 e. The Morgan fingerprint density at radius 1 is 1.43 bits per heavy atom. The number of methoxy groups -OCH3 is 1. The Balaban J connectivity index is 2.96. The van der Waals surface area contributed by atoms with Crippen molar-refractivity contribution in [2.24, 2.45) is 0 Å². The van der Waals surface area contributed by atoms with E-state index in [1.165, 1.54) is 32.0 Å². The third kappa shape index (κ3) is 3.99. The number of benzene rings is 1. The minimum atomic E-state index is -1.21. The molecule has 1 rings (SSSR count). The minimum Gasteiger partial charge on any atom is -0.467 e. The molecule has 1 amide bonds. The SMILES string of the molecule is COC(=O)C(NC(=O)c1ccc([N+](=O)[O-])c(C)c1)C(C)O. The second-order valence-electron chi connectivity index (χ2n) is 4.47. The van der Waals surface area contributed by atoms with Crippen LogP contribution in [0.3, 0.4) is 0 Å². The van der Waals surface area contributed by atoms with Gasteiger partial charge < -0.3 is 15.2 Å². The van der Waals surface area contributed by atoms with E-state index in [4.69, 9.17) is 0 Å². The summed E-state index contributed by atoms with van der Waals surface area (Å²) in [6, 6.07) is 2.61. The molecule has 0 aliphatic heterocycles. The van der Waals surface area contributed by atoms with Crippen LogP contribution in [0.5, 0.6) is 0 Å². The summed E-state index contributed by atoms with van der Waals surface area (Å²) >= 11 is 0. The fraction of sp³-hybridized carbons (Fsp3) is 0.385. The first-order valence-corrected chi connectivity index (χ1v) is 6.09. The van der Waals surface area contributed by atoms with Crippen molar-refractivity contribution >= 4 is 17.6 Å². The van der Waals surface area contributed by atoms with Gasteiger partial charge in [-0.25, -0.2) is 4.79 Å². The van der Waals surface area contributed by atoms with E-state index in [0.29, 0.717) is 5.56 Å². The number of nitrogens with one attached hydrogen (secondary N) is 1. The van der Waals surface area contributed by atoms with Gasteiger partial charge in [-0.3, -0.25) is 14.9 Å². The van der Waals surface area contributed by atoms with Crippen LogP contribution in [0.4, 0.5) is 5.69 Å². The van der Waals surface area contributed by atoms with Crippen LogP contribution in [-0.2, 0) is 9.53 Å². The molecule has 8 heteroatoms. The highest BCUT2D eigenvalue weighted by atomic mass is 16.6. The Kier molecular flexibility index (Phi) is 5.37. The van der Waals surface area contributed by atoms with Crippen LogP contribution in [0.15, 0.2) is 18.2 Å². The molecular weight excluding hydrogens is 280 g/mol. The van der Waals surface area contributed by atoms with Crippen molar-refractivity contribution in [1.29, 1.82) is 0 Å². The Morgan fingerprint density at radius 2 is 2.05 bits per heavy atom. The van der Waals surface area contributed by atoms with Gasteiger partial charge in [-0.1, -0.05) is 0 Å². The van der Waals surface area contributed by atoms with Gasteiger partial charge in [0.25, 0.3) is 11.6 Å². The number of carbonyl (C=O) groups is 2. The predicted octanol–water partition coefficient (Wildman–Crippen LogP) is 0.555. The lowest BCUT2D eigenvalue weighted by molar-refractivity contribution is -0.385. The summed E-state index contributed by atoms with van der Waals surface area (Å²) in [6.07, 6.45) is -1.14. The fourth-order valence-corrected chi connectivity index (χ4v) is 1.73. The molecule has 2 atom stereocenters. The number of ether oxygens (including phenoxy) is 1. The highest BCUT2D eigenvalue weighted by Crippen LogP contribution is 2.18. The number of nitrogens with zero attached hydrogens (tertiary/aromatic N) is 1. The molecule has 0 radical (unpaired) electrons. The molecule has 0 spiro atoms. The standard InChI is InChI=1S/C13H16N2O6/c1-7-6-9(4-5-10(7)15(19)20)12(17)14-11(8(2)16)13(18)21-3/h4-6,8,11,16H,1-3H3,(H,14,17). The monoisotopic (exact) mass is 296 g/mol. The molecule has 0 aliphatic rings. The lowest BCUT2D eigenvalue weighted by Crippen LogP contribution is -2.48. The first kappa shape index (κ1) is 16.6. The molecule has 2 N–H and O–H groups in total. The molecule has 0 fully saturated rings. The van der Waals surface area contributed by atoms with Gasteiger partial charge in [-0.2, -0.15) is 0 Å². The van der Waals surface area contributed by atoms with Crippen LogP contribution in [0, 0.1) is 17.0 Å². The second kappa shape index (κ2) is 6.80. The first-order valence-electron chi connectivity index (χ1n) is 6.09. The summed E-state index contributed by atoms with van der Waals surface area (Å²) in [7, 11) is 1.14. The van der Waals surface area contributed by atoms with E-state index in [-0.39, 0.29) is 11.3 Å². The van der Waals surface area contributed by atoms with Crippen molar-refractivity contribution in [1.82, 2.24) is 5.32 Å². The molecule has 0 saturated heterocycles. The van der Waals surface area contributed by atoms with Crippen LogP contribution >= 0.6 is 0 Å². The van der Waals surface area contributed by atoms with Gasteiger partial charge in [-0.05, 0) is 26.0 Å². The number of nitro groups is 1. The molecule has 8 nitrogen and oxygen atoms in total. The Labute approximate surface area is 120 Å². The second-order valence-corrected chi connectivity index (χ2v) is 4.47. The van der Waals surface area contributed by atoms with Crippen molar-refractivity contribution in [2.75, 3.05) is 7.11 Å². The van der Waals surface area contributed by atoms with Crippen molar-refractivity contribution < 1.29 is 24.4 Å². The number of hydrogen-bond donors (Lipinski definition) is 2. The largest absolute Gasteiger partial charge is 0.467 e. The number of aryl methyl sites for hydroxylation is 1. The average Bonchev–Trinajstić information content (AvgIpc) is 2.42. The molecule has 2 unspecified atom stereocenters. The summed E-state index contributed by atoms with van der Waals surface area (Å²) in [4.78, 5) is 33.6. The van der Waals surface area contributed by atoms with Gasteiger partial charge in [-0.15, -0.1) is 0 Å². The summed E-state index contributed by atoms with van der Waals surface area (Å²) in [5.74, 6) is -1.42. The summed E-state index contributed by atoms with van der Waals surface area (Å²) in [5.41, 5.74) is 0.360. The lowest BCUT2D eigenvalue weighted by atomic mass is 10.1. The molecule has 0 bridgehead atoms. The zero-order chi connectivity index (χ0) is 16.2. The predicted molar refractivity (Wildman–Crippen MR) is 72.8 cm³/mol. The Hall–Kier alpha value is -2.48. The van der Waals surface area contributed by atoms with Crippen LogP contribution < -0.4 is 5.32 Å². The van der Waals surface area contributed by atoms with Crippen molar-refractivity contribution in [3.05, 3.63) is 39.4 Å². The van der Waals surface area contributed by atoms with E-state index in [0.717, 1.165) is 7.11 Å². The zero-order valence-corrected chi connectivity index (χ0v) is 11.8. The first-order chi connectivity index (χ1) is 9.77. The maximum absolute atomic E-state index is 12.0. The normalized spacial score (nSPS) is 13.1. The molecule has 0 aromatic heterocycles. The molecule has 0 heterocycles. The molecular formula is C13H16N2O6. The van der Waals surface area contributed by atoms with E-state index in [9.17, 15) is 24.8 Å². The Bertz CT molecular complexity index is 570. The van der Waals surface area contributed by atoms with Crippen LogP contribution in [0.25, 0.3) is 0 Å². The third-order valence-corrected chi connectivity index (χ3v) is 2.88. The number of amides is 1. The van der Waals surface area contributed by atoms with Gasteiger partial charge in [0.1, 0.15) is 0 Å². The maximum atomic E-state index is 12.0. The van der Waals surface area contributed by atoms with Gasteiger partial charge in [0.15, 0.2) is 6.04 Å². The number of aliphatic hydroxyl groups excluding tert-OH is 1. The van der Waals surface area contributed by atoms with Gasteiger partial charge in [0.2, 0.25) is 0 Å². The topological polar surface area (TPSA) is 119 Å². The van der Waals surface area contributed by atoms with Gasteiger partial charge >= 0.3 is 5.97 Å². The highest BCUT2D eigenvalue weighted by Gasteiger charge is 2.27. The third-order valence-electron chi connectivity index (χ3n) is 2.88. The molecule has 0 saturated carbocycles. The number of carbonyl (C=O) groups excluding carboxylic acids is 2. The van der Waals surface area contributed by atoms with Crippen LogP contribution in [0.1, 0.15) is 22.8 Å². The molecule has 21 heavy (non-hydrogen) atoms. The van der Waals surface area contributed by atoms with Crippen LogP contribution in [0.2, 0.25) is 0 Å². The number of aliphatic hydroxyl groups is 1. The molecule has 114 valence electrons. The smallest absolute Gasteiger partial charge is 0.331 e. The minimum absolute atomic E-state index is 0.105. The molecule has 1 aromatic carbocycles. The van der Waals surface area contributed by atoms with Crippen LogP contribution in [-0.4, -0.2) is 41.2 Å². The van der Waals surface area contributed by atoms with Crippen molar-refractivity contribution in [3.8, 4) is 0 Å². The lowest BCUT2D eigenvalue weighted by Gasteiger charge is -2.19. The van der Waals surface area contributed by atoms with Gasteiger partial charge in [0.05, 0.1) is 18.1 Å². The Morgan fingerprint density at radius 3 is 2.48 bits per heavy atom. The summed E-state index contributed by atoms with van der Waals surface area (Å²) < 4.78 is 4.48. The summed E-state index contributed by atoms with van der Waals surface area (Å²) in [5, 5.41) is 22.5. The summed E-state index contributed by atoms with van der Waals surface area (Å²) in [6.45, 7) is 2.84. The number of rotatable bonds is 5. The molecule has 0 aliphatic carbocycles. The fourth-order valence-electron chi connectivity index (χ4n) is 1.73. The van der Waals surface area contributed by atoms with E-state index in [1.54, 1.807) is 0 Å². The van der Waals surface area contributed by atoms with E-state index < -0.39 is 28.9 Å². The van der Waals surface area contributed by atoms with E-state index in [2.05, 4.69) is 10.1 Å². The quantitative estimate of drug-likeness (QED) is 0.465.